The molecule has 192 valence electrons. The summed E-state index contributed by atoms with van der Waals surface area (Å²) in [5.74, 6) is -0.422. The van der Waals surface area contributed by atoms with E-state index < -0.39 is 12.1 Å². The van der Waals surface area contributed by atoms with Crippen molar-refractivity contribution >= 4 is 29.2 Å². The van der Waals surface area contributed by atoms with Gasteiger partial charge >= 0.3 is 5.97 Å². The summed E-state index contributed by atoms with van der Waals surface area (Å²) in [5, 5.41) is 33.5. The largest absolute Gasteiger partial charge is 0.481 e. The first-order valence-electron chi connectivity index (χ1n) is 11.7. The zero-order valence-electron chi connectivity index (χ0n) is 20.2. The lowest BCUT2D eigenvalue weighted by Gasteiger charge is -2.09. The third-order valence-corrected chi connectivity index (χ3v) is 6.88. The van der Waals surface area contributed by atoms with Crippen molar-refractivity contribution in [3.05, 3.63) is 111 Å². The molecule has 0 bridgehead atoms. The fourth-order valence-electron chi connectivity index (χ4n) is 4.20. The van der Waals surface area contributed by atoms with Crippen LogP contribution < -0.4 is 0 Å². The molecule has 0 aliphatic rings. The Morgan fingerprint density at radius 3 is 2.24 bits per heavy atom. The predicted molar refractivity (Wildman–Crippen MR) is 143 cm³/mol. The minimum atomic E-state index is -1.10. The molecule has 2 aromatic heterocycles. The molecule has 0 saturated heterocycles. The van der Waals surface area contributed by atoms with Crippen molar-refractivity contribution in [2.75, 3.05) is 0 Å². The van der Waals surface area contributed by atoms with Gasteiger partial charge in [-0.15, -0.1) is 5.10 Å². The number of benzene rings is 3. The minimum Gasteiger partial charge on any atom is -0.481 e. The van der Waals surface area contributed by atoms with Crippen LogP contribution in [0.5, 0.6) is 0 Å². The number of carboxylic acid groups (broad SMARTS) is 1. The predicted octanol–water partition coefficient (Wildman–Crippen LogP) is 5.97. The van der Waals surface area contributed by atoms with Crippen LogP contribution in [0.25, 0.3) is 22.5 Å². The van der Waals surface area contributed by atoms with Gasteiger partial charge in [-0.25, -0.2) is 4.68 Å². The molecule has 0 radical (unpaired) electrons. The molecule has 0 amide bonds. The SMILES string of the molecule is Cc1noc(-c2ccc(-c3ccc(CC(=O)O)cc3)cc2)c1C(O)c1cn(Cc2ccc(Cl)c(Cl)c2)nn1. The Balaban J connectivity index is 1.36. The lowest BCUT2D eigenvalue weighted by Crippen LogP contribution is -2.03. The second-order valence-corrected chi connectivity index (χ2v) is 9.66. The third-order valence-electron chi connectivity index (χ3n) is 6.14. The molecular formula is C28H22Cl2N4O4. The smallest absolute Gasteiger partial charge is 0.307 e. The van der Waals surface area contributed by atoms with Crippen LogP contribution in [-0.4, -0.2) is 36.3 Å². The summed E-state index contributed by atoms with van der Waals surface area (Å²) in [7, 11) is 0. The van der Waals surface area contributed by atoms with Crippen molar-refractivity contribution in [3.63, 3.8) is 0 Å². The van der Waals surface area contributed by atoms with E-state index in [9.17, 15) is 9.90 Å². The molecule has 0 aliphatic heterocycles. The van der Waals surface area contributed by atoms with Crippen LogP contribution in [0.4, 0.5) is 0 Å². The Morgan fingerprint density at radius 2 is 1.58 bits per heavy atom. The van der Waals surface area contributed by atoms with E-state index in [0.29, 0.717) is 39.3 Å². The van der Waals surface area contributed by atoms with Gasteiger partial charge in [0.15, 0.2) is 5.76 Å². The summed E-state index contributed by atoms with van der Waals surface area (Å²) >= 11 is 12.1. The maximum Gasteiger partial charge on any atom is 0.307 e. The lowest BCUT2D eigenvalue weighted by molar-refractivity contribution is -0.136. The summed E-state index contributed by atoms with van der Waals surface area (Å²) in [6.45, 7) is 2.17. The quantitative estimate of drug-likeness (QED) is 0.245. The van der Waals surface area contributed by atoms with Crippen LogP contribution in [0.2, 0.25) is 10.0 Å². The van der Waals surface area contributed by atoms with Gasteiger partial charge in [0.2, 0.25) is 0 Å². The summed E-state index contributed by atoms with van der Waals surface area (Å²) in [5.41, 5.74) is 5.70. The normalized spacial score (nSPS) is 12.0. The van der Waals surface area contributed by atoms with Gasteiger partial charge in [0, 0.05) is 5.56 Å². The second-order valence-electron chi connectivity index (χ2n) is 8.85. The number of nitrogens with zero attached hydrogens (tertiary/aromatic N) is 4. The number of hydrogen-bond acceptors (Lipinski definition) is 6. The Hall–Kier alpha value is -3.98. The molecular weight excluding hydrogens is 527 g/mol. The van der Waals surface area contributed by atoms with Crippen LogP contribution in [-0.2, 0) is 17.8 Å². The molecule has 8 nitrogen and oxygen atoms in total. The zero-order chi connectivity index (χ0) is 26.8. The van der Waals surface area contributed by atoms with Gasteiger partial charge in [0.1, 0.15) is 11.8 Å². The first-order chi connectivity index (χ1) is 18.3. The van der Waals surface area contributed by atoms with Crippen LogP contribution in [0, 0.1) is 6.92 Å². The number of aryl methyl sites for hydroxylation is 1. The van der Waals surface area contributed by atoms with Crippen molar-refractivity contribution in [1.82, 2.24) is 20.2 Å². The van der Waals surface area contributed by atoms with Crippen LogP contribution in [0.3, 0.4) is 0 Å². The van der Waals surface area contributed by atoms with Gasteiger partial charge in [0.05, 0.1) is 40.5 Å². The summed E-state index contributed by atoms with van der Waals surface area (Å²) in [6.07, 6.45) is 0.555. The fourth-order valence-corrected chi connectivity index (χ4v) is 4.52. The average molecular weight is 549 g/mol. The van der Waals surface area contributed by atoms with E-state index in [2.05, 4.69) is 15.5 Å². The minimum absolute atomic E-state index is 0.0155. The molecule has 5 rings (SSSR count). The van der Waals surface area contributed by atoms with E-state index in [0.717, 1.165) is 27.8 Å². The number of aromatic nitrogens is 4. The third kappa shape index (κ3) is 5.47. The number of carboxylic acids is 1. The maximum atomic E-state index is 11.2. The van der Waals surface area contributed by atoms with Crippen molar-refractivity contribution < 1.29 is 19.5 Å². The number of halogens is 2. The van der Waals surface area contributed by atoms with E-state index in [4.69, 9.17) is 32.8 Å². The van der Waals surface area contributed by atoms with Gasteiger partial charge < -0.3 is 14.7 Å². The molecule has 10 heteroatoms. The number of aliphatic carboxylic acids is 1. The van der Waals surface area contributed by atoms with Crippen LogP contribution in [0.15, 0.2) is 77.4 Å². The average Bonchev–Trinajstić information content (AvgIpc) is 3.53. The summed E-state index contributed by atoms with van der Waals surface area (Å²) in [6, 6.07) is 20.4. The highest BCUT2D eigenvalue weighted by atomic mass is 35.5. The van der Waals surface area contributed by atoms with Crippen molar-refractivity contribution in [2.24, 2.45) is 0 Å². The molecule has 0 aliphatic carbocycles. The van der Waals surface area contributed by atoms with E-state index in [1.807, 2.05) is 42.5 Å². The van der Waals surface area contributed by atoms with Gasteiger partial charge in [0.25, 0.3) is 0 Å². The second kappa shape index (κ2) is 10.8. The Morgan fingerprint density at radius 1 is 0.947 bits per heavy atom. The zero-order valence-corrected chi connectivity index (χ0v) is 21.7. The number of aliphatic hydroxyl groups is 1. The van der Waals surface area contributed by atoms with E-state index in [1.54, 1.807) is 42.1 Å². The highest BCUT2D eigenvalue weighted by Gasteiger charge is 2.26. The molecule has 1 atom stereocenters. The molecule has 2 heterocycles. The monoisotopic (exact) mass is 548 g/mol. The Kier molecular flexibility index (Phi) is 7.28. The highest BCUT2D eigenvalue weighted by molar-refractivity contribution is 6.42. The maximum absolute atomic E-state index is 11.2. The Labute approximate surface area is 228 Å². The molecule has 5 aromatic rings. The molecule has 3 aromatic carbocycles. The van der Waals surface area contributed by atoms with Gasteiger partial charge in [-0.05, 0) is 41.3 Å². The van der Waals surface area contributed by atoms with Crippen molar-refractivity contribution in [2.45, 2.75) is 26.0 Å². The van der Waals surface area contributed by atoms with E-state index in [1.165, 1.54) is 0 Å². The van der Waals surface area contributed by atoms with Gasteiger partial charge in [-0.2, -0.15) is 0 Å². The first kappa shape index (κ1) is 25.7. The number of hydrogen-bond donors (Lipinski definition) is 2. The van der Waals surface area contributed by atoms with E-state index in [-0.39, 0.29) is 6.42 Å². The Bertz CT molecular complexity index is 1590. The lowest BCUT2D eigenvalue weighted by atomic mass is 9.98. The van der Waals surface area contributed by atoms with Crippen LogP contribution in [0.1, 0.15) is 34.2 Å². The summed E-state index contributed by atoms with van der Waals surface area (Å²) < 4.78 is 7.21. The van der Waals surface area contributed by atoms with Crippen molar-refractivity contribution in [1.29, 1.82) is 0 Å². The van der Waals surface area contributed by atoms with E-state index >= 15 is 0 Å². The molecule has 0 saturated carbocycles. The van der Waals surface area contributed by atoms with Gasteiger partial charge in [-0.1, -0.05) is 88.2 Å². The standard InChI is InChI=1S/C28H22Cl2N4O4/c1-16-26(27(37)24-15-34(33-31-24)14-18-4-11-22(29)23(30)12-18)28(38-32-16)21-9-7-20(8-10-21)19-5-2-17(3-6-19)13-25(35)36/h2-12,15,27,37H,13-14H2,1H3,(H,35,36). The number of carbonyl (C=O) groups is 1. The topological polar surface area (TPSA) is 114 Å². The molecule has 38 heavy (non-hydrogen) atoms. The summed E-state index contributed by atoms with van der Waals surface area (Å²) in [4.78, 5) is 10.9. The van der Waals surface area contributed by atoms with Crippen LogP contribution >= 0.6 is 23.2 Å². The number of aliphatic hydroxyl groups excluding tert-OH is 1. The molecule has 1 unspecified atom stereocenters. The molecule has 0 fully saturated rings. The van der Waals surface area contributed by atoms with Gasteiger partial charge in [-0.3, -0.25) is 4.79 Å². The first-order valence-corrected chi connectivity index (χ1v) is 12.4. The molecule has 0 spiro atoms. The number of rotatable bonds is 8. The highest BCUT2D eigenvalue weighted by Crippen LogP contribution is 2.35. The van der Waals surface area contributed by atoms with Crippen molar-refractivity contribution in [3.8, 4) is 22.5 Å². The molecule has 2 N–H and O–H groups in total. The fraction of sp³-hybridized carbons (Fsp3) is 0.143.